The van der Waals surface area contributed by atoms with Crippen LogP contribution in [-0.4, -0.2) is 26.8 Å². The van der Waals surface area contributed by atoms with Gasteiger partial charge in [0.25, 0.3) is 0 Å². The molecule has 1 atom stereocenters. The Balaban J connectivity index is 2.89. The largest absolute Gasteiger partial charge is 0.385 e. The molecule has 16 heavy (non-hydrogen) atoms. The van der Waals surface area contributed by atoms with Crippen LogP contribution in [0.15, 0.2) is 4.47 Å². The second-order valence-electron chi connectivity index (χ2n) is 3.75. The molecule has 0 aliphatic rings. The molecule has 0 saturated carbocycles. The van der Waals surface area contributed by atoms with E-state index in [0.29, 0.717) is 6.42 Å². The highest BCUT2D eigenvalue weighted by atomic mass is 79.9. The summed E-state index contributed by atoms with van der Waals surface area (Å²) in [6, 6.07) is 0. The number of aliphatic hydroxyl groups is 1. The zero-order valence-electron chi connectivity index (χ0n) is 9.83. The minimum Gasteiger partial charge on any atom is -0.385 e. The lowest BCUT2D eigenvalue weighted by molar-refractivity contribution is -0.126. The van der Waals surface area contributed by atoms with Crippen molar-refractivity contribution in [1.82, 2.24) is 9.78 Å². The zero-order chi connectivity index (χ0) is 12.3. The fraction of sp³-hybridized carbons (Fsp3) is 0.636. The molecule has 0 radical (unpaired) electrons. The Kier molecular flexibility index (Phi) is 4.68. The number of ketones is 1. The van der Waals surface area contributed by atoms with Crippen LogP contribution < -0.4 is 0 Å². The Hall–Kier alpha value is -0.680. The van der Waals surface area contributed by atoms with Gasteiger partial charge in [-0.25, -0.2) is 0 Å². The normalized spacial score (nSPS) is 12.8. The number of halogens is 1. The summed E-state index contributed by atoms with van der Waals surface area (Å²) in [6.07, 6.45) is 0.624. The smallest absolute Gasteiger partial charge is 0.167 e. The van der Waals surface area contributed by atoms with Crippen molar-refractivity contribution in [2.45, 2.75) is 39.2 Å². The second-order valence-corrected chi connectivity index (χ2v) is 4.54. The van der Waals surface area contributed by atoms with Crippen molar-refractivity contribution in [1.29, 1.82) is 0 Å². The molecule has 0 bridgehead atoms. The Labute approximate surface area is 104 Å². The van der Waals surface area contributed by atoms with E-state index in [1.54, 1.807) is 11.6 Å². The molecule has 0 aromatic carbocycles. The standard InChI is InChI=1S/C11H17BrN2O2/c1-4-7-11(12)8(14(3)13-7)6-10(16)9(15)5-2/h9,15H,4-6H2,1-3H3. The first-order chi connectivity index (χ1) is 7.51. The topological polar surface area (TPSA) is 55.1 Å². The zero-order valence-corrected chi connectivity index (χ0v) is 11.4. The van der Waals surface area contributed by atoms with E-state index in [4.69, 9.17) is 0 Å². The molecule has 0 aliphatic carbocycles. The molecule has 1 unspecified atom stereocenters. The SMILES string of the molecule is CCc1nn(C)c(CC(=O)C(O)CC)c1Br. The Morgan fingerprint density at radius 2 is 2.19 bits per heavy atom. The Morgan fingerprint density at radius 1 is 1.56 bits per heavy atom. The van der Waals surface area contributed by atoms with Gasteiger partial charge in [0, 0.05) is 7.05 Å². The molecule has 1 N–H and O–H groups in total. The van der Waals surface area contributed by atoms with E-state index in [9.17, 15) is 9.90 Å². The summed E-state index contributed by atoms with van der Waals surface area (Å²) < 4.78 is 2.58. The van der Waals surface area contributed by atoms with E-state index in [-0.39, 0.29) is 12.2 Å². The molecule has 90 valence electrons. The first-order valence-corrected chi connectivity index (χ1v) is 6.21. The van der Waals surface area contributed by atoms with Gasteiger partial charge in [-0.15, -0.1) is 0 Å². The van der Waals surface area contributed by atoms with Crippen LogP contribution in [0.25, 0.3) is 0 Å². The van der Waals surface area contributed by atoms with Crippen molar-refractivity contribution in [3.8, 4) is 0 Å². The maximum absolute atomic E-state index is 11.6. The van der Waals surface area contributed by atoms with E-state index in [0.717, 1.165) is 22.3 Å². The van der Waals surface area contributed by atoms with Crippen LogP contribution in [0.4, 0.5) is 0 Å². The van der Waals surface area contributed by atoms with Crippen LogP contribution in [0.5, 0.6) is 0 Å². The van der Waals surface area contributed by atoms with E-state index in [2.05, 4.69) is 21.0 Å². The minimum absolute atomic E-state index is 0.158. The maximum Gasteiger partial charge on any atom is 0.167 e. The fourth-order valence-electron chi connectivity index (χ4n) is 1.52. The molecule has 1 aromatic rings. The summed E-state index contributed by atoms with van der Waals surface area (Å²) in [7, 11) is 1.81. The van der Waals surface area contributed by atoms with Gasteiger partial charge in [0.2, 0.25) is 0 Å². The number of rotatable bonds is 5. The van der Waals surface area contributed by atoms with Crippen LogP contribution in [-0.2, 0) is 24.7 Å². The van der Waals surface area contributed by atoms with Gasteiger partial charge < -0.3 is 5.11 Å². The van der Waals surface area contributed by atoms with Gasteiger partial charge in [0.05, 0.1) is 22.3 Å². The highest BCUT2D eigenvalue weighted by Gasteiger charge is 2.19. The summed E-state index contributed by atoms with van der Waals surface area (Å²) in [5.41, 5.74) is 1.77. The van der Waals surface area contributed by atoms with Crippen molar-refractivity contribution in [3.05, 3.63) is 15.9 Å². The van der Waals surface area contributed by atoms with Crippen molar-refractivity contribution < 1.29 is 9.90 Å². The average molecular weight is 289 g/mol. The number of hydrogen-bond donors (Lipinski definition) is 1. The molecule has 0 aliphatic heterocycles. The third kappa shape index (κ3) is 2.71. The summed E-state index contributed by atoms with van der Waals surface area (Å²) >= 11 is 3.44. The molecule has 0 spiro atoms. The first kappa shape index (κ1) is 13.4. The Bertz CT molecular complexity index is 388. The van der Waals surface area contributed by atoms with E-state index < -0.39 is 6.10 Å². The molecule has 0 saturated heterocycles. The molecular formula is C11H17BrN2O2. The number of aromatic nitrogens is 2. The van der Waals surface area contributed by atoms with Gasteiger partial charge in [-0.05, 0) is 28.8 Å². The van der Waals surface area contributed by atoms with E-state index in [1.165, 1.54) is 0 Å². The average Bonchev–Trinajstić information content (AvgIpc) is 2.55. The number of carbonyl (C=O) groups excluding carboxylic acids is 1. The number of hydrogen-bond acceptors (Lipinski definition) is 3. The summed E-state index contributed by atoms with van der Waals surface area (Å²) in [6.45, 7) is 3.80. The van der Waals surface area contributed by atoms with Crippen LogP contribution in [0.2, 0.25) is 0 Å². The number of aliphatic hydroxyl groups excluding tert-OH is 1. The van der Waals surface area contributed by atoms with Crippen molar-refractivity contribution >= 4 is 21.7 Å². The van der Waals surface area contributed by atoms with Gasteiger partial charge in [-0.2, -0.15) is 5.10 Å². The number of Topliss-reactive ketones (excluding diaryl/α,β-unsaturated/α-hetero) is 1. The minimum atomic E-state index is -0.869. The van der Waals surface area contributed by atoms with Gasteiger partial charge in [0.15, 0.2) is 5.78 Å². The maximum atomic E-state index is 11.6. The lowest BCUT2D eigenvalue weighted by Gasteiger charge is -2.07. The highest BCUT2D eigenvalue weighted by Crippen LogP contribution is 2.22. The van der Waals surface area contributed by atoms with Crippen LogP contribution in [0.1, 0.15) is 31.7 Å². The van der Waals surface area contributed by atoms with E-state index >= 15 is 0 Å². The van der Waals surface area contributed by atoms with Gasteiger partial charge in [-0.3, -0.25) is 9.48 Å². The molecule has 0 fully saturated rings. The van der Waals surface area contributed by atoms with Gasteiger partial charge >= 0.3 is 0 Å². The van der Waals surface area contributed by atoms with Gasteiger partial charge in [-0.1, -0.05) is 13.8 Å². The lowest BCUT2D eigenvalue weighted by Crippen LogP contribution is -2.22. The molecule has 1 aromatic heterocycles. The Morgan fingerprint density at radius 3 is 2.62 bits per heavy atom. The molecule has 0 amide bonds. The first-order valence-electron chi connectivity index (χ1n) is 5.42. The number of aryl methyl sites for hydroxylation is 2. The quantitative estimate of drug-likeness (QED) is 0.896. The monoisotopic (exact) mass is 288 g/mol. The number of nitrogens with zero attached hydrogens (tertiary/aromatic N) is 2. The second kappa shape index (κ2) is 5.59. The predicted octanol–water partition coefficient (Wildman–Crippen LogP) is 1.63. The predicted molar refractivity (Wildman–Crippen MR) is 65.3 cm³/mol. The van der Waals surface area contributed by atoms with Crippen LogP contribution in [0, 0.1) is 0 Å². The summed E-state index contributed by atoms with van der Waals surface area (Å²) in [4.78, 5) is 11.6. The fourth-order valence-corrected chi connectivity index (χ4v) is 2.28. The third-order valence-corrected chi connectivity index (χ3v) is 3.52. The summed E-state index contributed by atoms with van der Waals surface area (Å²) in [5.74, 6) is -0.158. The van der Waals surface area contributed by atoms with E-state index in [1.807, 2.05) is 14.0 Å². The van der Waals surface area contributed by atoms with Crippen molar-refractivity contribution in [2.24, 2.45) is 7.05 Å². The molecule has 1 heterocycles. The highest BCUT2D eigenvalue weighted by molar-refractivity contribution is 9.10. The number of carbonyl (C=O) groups is 1. The molecule has 1 rings (SSSR count). The van der Waals surface area contributed by atoms with Crippen molar-refractivity contribution in [3.63, 3.8) is 0 Å². The molecule has 5 heteroatoms. The van der Waals surface area contributed by atoms with Crippen LogP contribution in [0.3, 0.4) is 0 Å². The van der Waals surface area contributed by atoms with Gasteiger partial charge in [0.1, 0.15) is 6.10 Å². The third-order valence-electron chi connectivity index (χ3n) is 2.60. The lowest BCUT2D eigenvalue weighted by atomic mass is 10.1. The summed E-state index contributed by atoms with van der Waals surface area (Å²) in [5, 5.41) is 13.7. The van der Waals surface area contributed by atoms with Crippen LogP contribution >= 0.6 is 15.9 Å². The molecule has 4 nitrogen and oxygen atoms in total. The van der Waals surface area contributed by atoms with Crippen molar-refractivity contribution in [2.75, 3.05) is 0 Å². The molecular weight excluding hydrogens is 272 g/mol.